The van der Waals surface area contributed by atoms with Crippen molar-refractivity contribution in [1.82, 2.24) is 34.2 Å². The minimum atomic E-state index is -0.190. The van der Waals surface area contributed by atoms with Crippen molar-refractivity contribution in [1.29, 1.82) is 0 Å². The molecular weight excluding hydrogens is 370 g/mol. The van der Waals surface area contributed by atoms with Gasteiger partial charge in [-0.25, -0.2) is 14.6 Å². The molecule has 5 rings (SSSR count). The standard InChI is InChI=1S/C20H19N7O2/c28-18-6-5-17(25-10-8-21-13-25)24-27(18)12-14-3-2-9-26(14)20(29)16-11-23-19-15(16)4-1-7-22-19/h1,4-8,10-11,13-14H,2-3,9,12H2,(H,22,23). The molecule has 0 aliphatic carbocycles. The molecule has 1 unspecified atom stereocenters. The van der Waals surface area contributed by atoms with Crippen LogP contribution in [-0.4, -0.2) is 52.7 Å². The van der Waals surface area contributed by atoms with Gasteiger partial charge in [-0.1, -0.05) is 0 Å². The highest BCUT2D eigenvalue weighted by Crippen LogP contribution is 2.24. The Bertz CT molecular complexity index is 1230. The predicted octanol–water partition coefficient (Wildman–Crippen LogP) is 1.61. The number of carbonyl (C=O) groups is 1. The number of likely N-dealkylation sites (tertiary alicyclic amines) is 1. The third-order valence-corrected chi connectivity index (χ3v) is 5.32. The first-order valence-corrected chi connectivity index (χ1v) is 9.50. The quantitative estimate of drug-likeness (QED) is 0.571. The zero-order chi connectivity index (χ0) is 19.8. The average Bonchev–Trinajstić information content (AvgIpc) is 3.50. The van der Waals surface area contributed by atoms with Crippen molar-refractivity contribution >= 4 is 16.9 Å². The van der Waals surface area contributed by atoms with E-state index in [4.69, 9.17) is 0 Å². The summed E-state index contributed by atoms with van der Waals surface area (Å²) >= 11 is 0. The molecule has 1 N–H and O–H groups in total. The SMILES string of the molecule is O=C(c1c[nH]c2ncccc12)N1CCCC1Cn1nc(-n2ccnc2)ccc1=O. The summed E-state index contributed by atoms with van der Waals surface area (Å²) in [6.07, 6.45) is 10.2. The molecule has 0 aromatic carbocycles. The molecule has 1 amide bonds. The van der Waals surface area contributed by atoms with Gasteiger partial charge in [0.05, 0.1) is 18.2 Å². The molecule has 1 aliphatic heterocycles. The van der Waals surface area contributed by atoms with E-state index >= 15 is 0 Å². The van der Waals surface area contributed by atoms with Crippen LogP contribution < -0.4 is 5.56 Å². The minimum absolute atomic E-state index is 0.0504. The van der Waals surface area contributed by atoms with Crippen molar-refractivity contribution in [3.63, 3.8) is 0 Å². The number of aromatic amines is 1. The van der Waals surface area contributed by atoms with Crippen LogP contribution in [0.15, 0.2) is 60.2 Å². The Labute approximate surface area is 165 Å². The summed E-state index contributed by atoms with van der Waals surface area (Å²) in [6.45, 7) is 1.01. The number of carbonyl (C=O) groups excluding carboxylic acids is 1. The highest BCUT2D eigenvalue weighted by molar-refractivity contribution is 6.06. The molecule has 1 atom stereocenters. The van der Waals surface area contributed by atoms with E-state index < -0.39 is 0 Å². The number of aromatic nitrogens is 6. The van der Waals surface area contributed by atoms with E-state index in [1.807, 2.05) is 17.0 Å². The minimum Gasteiger partial charge on any atom is -0.345 e. The smallest absolute Gasteiger partial charge is 0.266 e. The topological polar surface area (TPSA) is 102 Å². The number of imidazole rings is 1. The summed E-state index contributed by atoms with van der Waals surface area (Å²) in [7, 11) is 0. The fourth-order valence-corrected chi connectivity index (χ4v) is 3.88. The van der Waals surface area contributed by atoms with Gasteiger partial charge < -0.3 is 9.88 Å². The summed E-state index contributed by atoms with van der Waals surface area (Å²) < 4.78 is 3.18. The van der Waals surface area contributed by atoms with Gasteiger partial charge in [0.1, 0.15) is 12.0 Å². The normalized spacial score (nSPS) is 16.6. The number of hydrogen-bond donors (Lipinski definition) is 1. The van der Waals surface area contributed by atoms with Crippen molar-refractivity contribution < 1.29 is 4.79 Å². The molecular formula is C20H19N7O2. The van der Waals surface area contributed by atoms with Gasteiger partial charge in [0.15, 0.2) is 5.82 Å². The zero-order valence-electron chi connectivity index (χ0n) is 15.6. The second-order valence-electron chi connectivity index (χ2n) is 7.08. The van der Waals surface area contributed by atoms with E-state index in [-0.39, 0.29) is 17.5 Å². The van der Waals surface area contributed by atoms with Crippen LogP contribution in [0.2, 0.25) is 0 Å². The average molecular weight is 389 g/mol. The maximum absolute atomic E-state index is 13.2. The number of H-pyrrole nitrogens is 1. The first kappa shape index (κ1) is 17.4. The van der Waals surface area contributed by atoms with E-state index in [2.05, 4.69) is 20.1 Å². The fraction of sp³-hybridized carbons (Fsp3) is 0.250. The molecule has 146 valence electrons. The lowest BCUT2D eigenvalue weighted by atomic mass is 10.1. The number of nitrogens with zero attached hydrogens (tertiary/aromatic N) is 6. The number of fused-ring (bicyclic) bond motifs is 1. The molecule has 4 aromatic rings. The lowest BCUT2D eigenvalue weighted by molar-refractivity contribution is 0.0722. The van der Waals surface area contributed by atoms with Crippen LogP contribution in [0.5, 0.6) is 0 Å². The van der Waals surface area contributed by atoms with Crippen LogP contribution in [0, 0.1) is 0 Å². The van der Waals surface area contributed by atoms with Crippen LogP contribution in [-0.2, 0) is 6.54 Å². The van der Waals surface area contributed by atoms with Gasteiger partial charge in [-0.05, 0) is 31.0 Å². The van der Waals surface area contributed by atoms with Gasteiger partial charge in [-0.2, -0.15) is 5.10 Å². The van der Waals surface area contributed by atoms with Crippen molar-refractivity contribution in [2.75, 3.05) is 6.54 Å². The van der Waals surface area contributed by atoms with Gasteiger partial charge >= 0.3 is 0 Å². The molecule has 0 bridgehead atoms. The Morgan fingerprint density at radius 1 is 1.24 bits per heavy atom. The van der Waals surface area contributed by atoms with Gasteiger partial charge in [0.2, 0.25) is 0 Å². The zero-order valence-corrected chi connectivity index (χ0v) is 15.6. The Hall–Kier alpha value is -3.75. The molecule has 1 saturated heterocycles. The van der Waals surface area contributed by atoms with E-state index in [9.17, 15) is 9.59 Å². The molecule has 0 radical (unpaired) electrons. The Kier molecular flexibility index (Phi) is 4.19. The number of hydrogen-bond acceptors (Lipinski definition) is 5. The van der Waals surface area contributed by atoms with Crippen LogP contribution >= 0.6 is 0 Å². The van der Waals surface area contributed by atoms with Crippen LogP contribution in [0.25, 0.3) is 16.9 Å². The summed E-state index contributed by atoms with van der Waals surface area (Å²) in [5.41, 5.74) is 1.11. The van der Waals surface area contributed by atoms with E-state index in [1.165, 1.54) is 10.7 Å². The molecule has 9 nitrogen and oxygen atoms in total. The lowest BCUT2D eigenvalue weighted by Gasteiger charge is -2.25. The van der Waals surface area contributed by atoms with Crippen molar-refractivity contribution in [2.45, 2.75) is 25.4 Å². The van der Waals surface area contributed by atoms with E-state index in [0.717, 1.165) is 18.2 Å². The fourth-order valence-electron chi connectivity index (χ4n) is 3.88. The van der Waals surface area contributed by atoms with Crippen molar-refractivity contribution in [3.8, 4) is 5.82 Å². The number of rotatable bonds is 4. The van der Waals surface area contributed by atoms with Crippen LogP contribution in [0.4, 0.5) is 0 Å². The monoisotopic (exact) mass is 389 g/mol. The third-order valence-electron chi connectivity index (χ3n) is 5.32. The highest BCUT2D eigenvalue weighted by atomic mass is 16.2. The molecule has 0 saturated carbocycles. The van der Waals surface area contributed by atoms with Gasteiger partial charge in [0.25, 0.3) is 11.5 Å². The second-order valence-corrected chi connectivity index (χ2v) is 7.08. The van der Waals surface area contributed by atoms with Gasteiger partial charge in [-0.3, -0.25) is 14.2 Å². The number of pyridine rings is 1. The Morgan fingerprint density at radius 2 is 2.17 bits per heavy atom. The number of amides is 1. The molecule has 4 aromatic heterocycles. The Balaban J connectivity index is 1.42. The Morgan fingerprint density at radius 3 is 3.03 bits per heavy atom. The van der Waals surface area contributed by atoms with Crippen molar-refractivity contribution in [3.05, 3.63) is 71.3 Å². The first-order chi connectivity index (χ1) is 14.2. The highest BCUT2D eigenvalue weighted by Gasteiger charge is 2.31. The summed E-state index contributed by atoms with van der Waals surface area (Å²) in [6, 6.07) is 6.77. The molecule has 0 spiro atoms. The summed E-state index contributed by atoms with van der Waals surface area (Å²) in [5, 5.41) is 5.26. The van der Waals surface area contributed by atoms with E-state index in [1.54, 1.807) is 41.7 Å². The molecule has 1 aliphatic rings. The lowest BCUT2D eigenvalue weighted by Crippen LogP contribution is -2.40. The van der Waals surface area contributed by atoms with Gasteiger partial charge in [0, 0.05) is 42.8 Å². The van der Waals surface area contributed by atoms with Crippen LogP contribution in [0.1, 0.15) is 23.2 Å². The third kappa shape index (κ3) is 3.10. The summed E-state index contributed by atoms with van der Waals surface area (Å²) in [4.78, 5) is 38.8. The maximum Gasteiger partial charge on any atom is 0.266 e. The van der Waals surface area contributed by atoms with Crippen LogP contribution in [0.3, 0.4) is 0 Å². The second kappa shape index (κ2) is 7.01. The summed E-state index contributed by atoms with van der Waals surface area (Å²) in [5.74, 6) is 0.561. The van der Waals surface area contributed by atoms with Crippen molar-refractivity contribution in [2.24, 2.45) is 0 Å². The number of nitrogens with one attached hydrogen (secondary N) is 1. The largest absolute Gasteiger partial charge is 0.345 e. The first-order valence-electron chi connectivity index (χ1n) is 9.50. The van der Waals surface area contributed by atoms with E-state index in [0.29, 0.717) is 30.1 Å². The predicted molar refractivity (Wildman–Crippen MR) is 106 cm³/mol. The van der Waals surface area contributed by atoms with Gasteiger partial charge in [-0.15, -0.1) is 0 Å². The molecule has 29 heavy (non-hydrogen) atoms. The molecule has 9 heteroatoms. The molecule has 1 fully saturated rings. The maximum atomic E-state index is 13.2. The molecule has 5 heterocycles.